The standard InChI is InChI=1S/C18H21NO4S/c1-12-9-10-13(18(2,3)4)11-16(12)24(22,23)19-15-8-6-5-7-14(15)17(20)21/h5-11,19H,1-4H3,(H,20,21)/p-1. The Morgan fingerprint density at radius 3 is 2.29 bits per heavy atom. The van der Waals surface area contributed by atoms with Crippen LogP contribution in [0.15, 0.2) is 47.4 Å². The summed E-state index contributed by atoms with van der Waals surface area (Å²) in [4.78, 5) is 11.3. The third kappa shape index (κ3) is 3.76. The molecule has 0 aliphatic heterocycles. The Bertz CT molecular complexity index is 880. The molecule has 6 heteroatoms. The maximum absolute atomic E-state index is 12.8. The van der Waals surface area contributed by atoms with Crippen molar-refractivity contribution < 1.29 is 18.3 Å². The van der Waals surface area contributed by atoms with Crippen LogP contribution >= 0.6 is 0 Å². The van der Waals surface area contributed by atoms with E-state index < -0.39 is 16.0 Å². The van der Waals surface area contributed by atoms with Crippen molar-refractivity contribution in [2.24, 2.45) is 0 Å². The molecule has 0 aliphatic carbocycles. The first-order valence-corrected chi connectivity index (χ1v) is 8.95. The molecular formula is C18H20NO4S-. The van der Waals surface area contributed by atoms with Gasteiger partial charge in [0.05, 0.1) is 16.6 Å². The molecule has 0 unspecified atom stereocenters. The lowest BCUT2D eigenvalue weighted by molar-refractivity contribution is -0.254. The van der Waals surface area contributed by atoms with Crippen LogP contribution in [0.25, 0.3) is 0 Å². The normalized spacial score (nSPS) is 12.0. The highest BCUT2D eigenvalue weighted by atomic mass is 32.2. The Labute approximate surface area is 142 Å². The molecule has 0 bridgehead atoms. The molecule has 5 nitrogen and oxygen atoms in total. The average Bonchev–Trinajstić information content (AvgIpc) is 2.46. The smallest absolute Gasteiger partial charge is 0.262 e. The fraction of sp³-hybridized carbons (Fsp3) is 0.278. The van der Waals surface area contributed by atoms with E-state index in [2.05, 4.69) is 4.72 Å². The Hall–Kier alpha value is -2.34. The van der Waals surface area contributed by atoms with Crippen molar-refractivity contribution in [1.29, 1.82) is 0 Å². The molecule has 0 aliphatic rings. The summed E-state index contributed by atoms with van der Waals surface area (Å²) in [7, 11) is -3.92. The van der Waals surface area contributed by atoms with Gasteiger partial charge in [-0.05, 0) is 35.6 Å². The summed E-state index contributed by atoms with van der Waals surface area (Å²) >= 11 is 0. The van der Waals surface area contributed by atoms with Crippen LogP contribution in [0.4, 0.5) is 5.69 Å². The van der Waals surface area contributed by atoms with Crippen molar-refractivity contribution in [1.82, 2.24) is 0 Å². The van der Waals surface area contributed by atoms with Gasteiger partial charge >= 0.3 is 0 Å². The van der Waals surface area contributed by atoms with E-state index in [1.165, 1.54) is 18.2 Å². The van der Waals surface area contributed by atoms with Gasteiger partial charge < -0.3 is 9.90 Å². The van der Waals surface area contributed by atoms with Gasteiger partial charge in [0, 0.05) is 5.56 Å². The number of sulfonamides is 1. The van der Waals surface area contributed by atoms with E-state index in [4.69, 9.17) is 0 Å². The molecule has 128 valence electrons. The SMILES string of the molecule is Cc1ccc(C(C)(C)C)cc1S(=O)(=O)Nc1ccccc1C(=O)[O-]. The second-order valence-corrected chi connectivity index (χ2v) is 8.32. The van der Waals surface area contributed by atoms with Gasteiger partial charge in [-0.2, -0.15) is 0 Å². The van der Waals surface area contributed by atoms with Gasteiger partial charge in [-0.15, -0.1) is 0 Å². The highest BCUT2D eigenvalue weighted by Crippen LogP contribution is 2.28. The van der Waals surface area contributed by atoms with E-state index in [0.29, 0.717) is 5.56 Å². The molecule has 24 heavy (non-hydrogen) atoms. The number of carbonyl (C=O) groups excluding carboxylic acids is 1. The van der Waals surface area contributed by atoms with Crippen LogP contribution in [0.5, 0.6) is 0 Å². The van der Waals surface area contributed by atoms with Crippen molar-refractivity contribution in [3.8, 4) is 0 Å². The number of aryl methyl sites for hydroxylation is 1. The molecule has 0 aromatic heterocycles. The number of carbonyl (C=O) groups is 1. The van der Waals surface area contributed by atoms with E-state index in [1.54, 1.807) is 25.1 Å². The second-order valence-electron chi connectivity index (χ2n) is 6.67. The monoisotopic (exact) mass is 346 g/mol. The molecule has 0 saturated carbocycles. The molecule has 0 fully saturated rings. The first kappa shape index (κ1) is 18.0. The molecule has 0 spiro atoms. The number of carboxylic acid groups (broad SMARTS) is 1. The fourth-order valence-electron chi connectivity index (χ4n) is 2.31. The molecule has 2 rings (SSSR count). The summed E-state index contributed by atoms with van der Waals surface area (Å²) in [5, 5.41) is 11.2. The molecular weight excluding hydrogens is 326 g/mol. The summed E-state index contributed by atoms with van der Waals surface area (Å²) in [6.45, 7) is 7.68. The predicted octanol–water partition coefficient (Wildman–Crippen LogP) is 2.46. The van der Waals surface area contributed by atoms with E-state index in [1.807, 2.05) is 26.8 Å². The summed E-state index contributed by atoms with van der Waals surface area (Å²) in [5.41, 5.74) is 1.03. The zero-order chi connectivity index (χ0) is 18.1. The average molecular weight is 346 g/mol. The zero-order valence-corrected chi connectivity index (χ0v) is 14.9. The van der Waals surface area contributed by atoms with Gasteiger partial charge in [0.25, 0.3) is 10.0 Å². The van der Waals surface area contributed by atoms with Crippen LogP contribution in [-0.4, -0.2) is 14.4 Å². The number of para-hydroxylation sites is 1. The van der Waals surface area contributed by atoms with E-state index in [-0.39, 0.29) is 21.6 Å². The zero-order valence-electron chi connectivity index (χ0n) is 14.1. The fourth-order valence-corrected chi connectivity index (χ4v) is 3.66. The van der Waals surface area contributed by atoms with Crippen molar-refractivity contribution >= 4 is 21.7 Å². The summed E-state index contributed by atoms with van der Waals surface area (Å²) in [6, 6.07) is 11.0. The maximum Gasteiger partial charge on any atom is 0.262 e. The minimum atomic E-state index is -3.92. The third-order valence-corrected chi connectivity index (χ3v) is 5.24. The summed E-state index contributed by atoms with van der Waals surface area (Å²) in [6.07, 6.45) is 0. The van der Waals surface area contributed by atoms with Gasteiger partial charge in [0.15, 0.2) is 0 Å². The molecule has 0 amide bonds. The lowest BCUT2D eigenvalue weighted by Crippen LogP contribution is -2.25. The number of rotatable bonds is 4. The number of carboxylic acids is 1. The quantitative estimate of drug-likeness (QED) is 0.921. The first-order chi connectivity index (χ1) is 11.0. The Balaban J connectivity index is 2.51. The first-order valence-electron chi connectivity index (χ1n) is 7.47. The Morgan fingerprint density at radius 2 is 1.71 bits per heavy atom. The number of aromatic carboxylic acids is 1. The van der Waals surface area contributed by atoms with Crippen LogP contribution in [0.1, 0.15) is 42.3 Å². The molecule has 0 radical (unpaired) electrons. The van der Waals surface area contributed by atoms with Gasteiger partial charge in [0.2, 0.25) is 0 Å². The van der Waals surface area contributed by atoms with E-state index >= 15 is 0 Å². The largest absolute Gasteiger partial charge is 0.545 e. The minimum absolute atomic E-state index is 0.0157. The third-order valence-electron chi connectivity index (χ3n) is 3.73. The number of benzene rings is 2. The van der Waals surface area contributed by atoms with Crippen molar-refractivity contribution in [3.05, 3.63) is 59.2 Å². The van der Waals surface area contributed by atoms with E-state index in [9.17, 15) is 18.3 Å². The van der Waals surface area contributed by atoms with E-state index in [0.717, 1.165) is 5.56 Å². The number of hydrogen-bond acceptors (Lipinski definition) is 4. The Morgan fingerprint density at radius 1 is 1.08 bits per heavy atom. The molecule has 2 aromatic rings. The van der Waals surface area contributed by atoms with Gasteiger partial charge in [-0.3, -0.25) is 4.72 Å². The summed E-state index contributed by atoms with van der Waals surface area (Å²) < 4.78 is 27.9. The lowest BCUT2D eigenvalue weighted by Gasteiger charge is -2.21. The van der Waals surface area contributed by atoms with Crippen molar-refractivity contribution in [2.45, 2.75) is 38.0 Å². The van der Waals surface area contributed by atoms with Crippen molar-refractivity contribution in [2.75, 3.05) is 4.72 Å². The summed E-state index contributed by atoms with van der Waals surface area (Å²) in [5.74, 6) is -1.44. The second kappa shape index (κ2) is 6.28. The van der Waals surface area contributed by atoms with Gasteiger partial charge in [-0.25, -0.2) is 8.42 Å². The Kier molecular flexibility index (Phi) is 4.71. The molecule has 2 aromatic carbocycles. The maximum atomic E-state index is 12.8. The van der Waals surface area contributed by atoms with Gasteiger partial charge in [-0.1, -0.05) is 51.1 Å². The predicted molar refractivity (Wildman–Crippen MR) is 91.5 cm³/mol. The molecule has 0 atom stereocenters. The molecule has 1 N–H and O–H groups in total. The molecule has 0 saturated heterocycles. The highest BCUT2D eigenvalue weighted by molar-refractivity contribution is 7.92. The molecule has 0 heterocycles. The van der Waals surface area contributed by atoms with Crippen LogP contribution in [0, 0.1) is 6.92 Å². The number of hydrogen-bond donors (Lipinski definition) is 1. The van der Waals surface area contributed by atoms with Crippen LogP contribution in [-0.2, 0) is 15.4 Å². The minimum Gasteiger partial charge on any atom is -0.545 e. The van der Waals surface area contributed by atoms with Crippen LogP contribution in [0.3, 0.4) is 0 Å². The van der Waals surface area contributed by atoms with Crippen LogP contribution in [0.2, 0.25) is 0 Å². The number of nitrogens with one attached hydrogen (secondary N) is 1. The lowest BCUT2D eigenvalue weighted by atomic mass is 9.87. The highest BCUT2D eigenvalue weighted by Gasteiger charge is 2.22. The topological polar surface area (TPSA) is 86.3 Å². The van der Waals surface area contributed by atoms with Gasteiger partial charge in [0.1, 0.15) is 0 Å². The number of anilines is 1. The van der Waals surface area contributed by atoms with Crippen LogP contribution < -0.4 is 9.83 Å². The van der Waals surface area contributed by atoms with Crippen molar-refractivity contribution in [3.63, 3.8) is 0 Å².